The number of hydrogen-bond acceptors (Lipinski definition) is 4. The summed E-state index contributed by atoms with van der Waals surface area (Å²) in [7, 11) is 0. The molecule has 0 bridgehead atoms. The van der Waals surface area contributed by atoms with Crippen molar-refractivity contribution in [2.24, 2.45) is 0 Å². The van der Waals surface area contributed by atoms with E-state index in [2.05, 4.69) is 33.0 Å². The average molecular weight is 398 g/mol. The Balaban J connectivity index is 1.80. The smallest absolute Gasteiger partial charge is 0.306 e. The molecule has 0 aliphatic heterocycles. The van der Waals surface area contributed by atoms with Crippen molar-refractivity contribution in [3.63, 3.8) is 0 Å². The van der Waals surface area contributed by atoms with Gasteiger partial charge in [-0.05, 0) is 41.5 Å². The number of ether oxygens (including phenoxy) is 2. The topological polar surface area (TPSA) is 64.6 Å². The summed E-state index contributed by atoms with van der Waals surface area (Å²) in [5.41, 5.74) is 2.98. The predicted molar refractivity (Wildman–Crippen MR) is 115 cm³/mol. The van der Waals surface area contributed by atoms with Crippen LogP contribution < -0.4 is 10.1 Å². The third-order valence-electron chi connectivity index (χ3n) is 4.54. The Morgan fingerprint density at radius 1 is 0.897 bits per heavy atom. The summed E-state index contributed by atoms with van der Waals surface area (Å²) in [6.45, 7) is 8.49. The van der Waals surface area contributed by atoms with Crippen molar-refractivity contribution in [2.75, 3.05) is 18.5 Å². The van der Waals surface area contributed by atoms with Crippen LogP contribution in [-0.4, -0.2) is 25.1 Å². The van der Waals surface area contributed by atoms with E-state index in [0.717, 1.165) is 22.6 Å². The highest BCUT2D eigenvalue weighted by atomic mass is 16.5. The highest BCUT2D eigenvalue weighted by molar-refractivity contribution is 5.94. The highest BCUT2D eigenvalue weighted by Crippen LogP contribution is 2.32. The van der Waals surface area contributed by atoms with Crippen LogP contribution in [0.5, 0.6) is 5.75 Å². The van der Waals surface area contributed by atoms with Crippen LogP contribution in [0.3, 0.4) is 0 Å². The third kappa shape index (κ3) is 7.26. The second-order valence-electron chi connectivity index (χ2n) is 7.59. The Morgan fingerprint density at radius 3 is 2.10 bits per heavy atom. The fourth-order valence-electron chi connectivity index (χ4n) is 3.01. The lowest BCUT2D eigenvalue weighted by Gasteiger charge is -2.20. The Hall–Kier alpha value is -2.82. The molecule has 0 aliphatic rings. The van der Waals surface area contributed by atoms with Gasteiger partial charge in [0.2, 0.25) is 0 Å². The van der Waals surface area contributed by atoms with Gasteiger partial charge in [0.15, 0.2) is 6.61 Å². The summed E-state index contributed by atoms with van der Waals surface area (Å²) in [6, 6.07) is 15.5. The molecule has 0 spiro atoms. The first kappa shape index (κ1) is 22.5. The summed E-state index contributed by atoms with van der Waals surface area (Å²) in [5.74, 6) is 0.587. The fourth-order valence-corrected chi connectivity index (χ4v) is 3.01. The van der Waals surface area contributed by atoms with E-state index >= 15 is 0 Å². The molecule has 1 amide bonds. The van der Waals surface area contributed by atoms with Gasteiger partial charge in [-0.1, -0.05) is 64.1 Å². The number of rotatable bonds is 10. The number of nitrogens with one attached hydrogen (secondary N) is 1. The lowest BCUT2D eigenvalue weighted by atomic mass is 9.92. The van der Waals surface area contributed by atoms with Crippen LogP contribution in [0.15, 0.2) is 48.5 Å². The van der Waals surface area contributed by atoms with Crippen LogP contribution in [0.1, 0.15) is 63.5 Å². The SMILES string of the molecule is CC(C)c1cccc(C(C)C)c1NC(=O)COC(=O)CCCOc1ccccc1. The number of hydrogen-bond donors (Lipinski definition) is 1. The van der Waals surface area contributed by atoms with E-state index in [-0.39, 0.29) is 30.8 Å². The first-order chi connectivity index (χ1) is 13.9. The van der Waals surface area contributed by atoms with Gasteiger partial charge in [-0.15, -0.1) is 0 Å². The zero-order valence-corrected chi connectivity index (χ0v) is 17.7. The van der Waals surface area contributed by atoms with Crippen molar-refractivity contribution < 1.29 is 19.1 Å². The lowest BCUT2D eigenvalue weighted by molar-refractivity contribution is -0.147. The van der Waals surface area contributed by atoms with Gasteiger partial charge in [0.25, 0.3) is 5.91 Å². The van der Waals surface area contributed by atoms with E-state index in [0.29, 0.717) is 13.0 Å². The molecule has 0 radical (unpaired) electrons. The van der Waals surface area contributed by atoms with E-state index in [1.54, 1.807) is 0 Å². The molecule has 1 N–H and O–H groups in total. The summed E-state index contributed by atoms with van der Waals surface area (Å²) < 4.78 is 10.7. The van der Waals surface area contributed by atoms with Crippen molar-refractivity contribution in [2.45, 2.75) is 52.4 Å². The van der Waals surface area contributed by atoms with Gasteiger partial charge >= 0.3 is 5.97 Å². The number of esters is 1. The molecular formula is C24H31NO4. The minimum atomic E-state index is -0.405. The van der Waals surface area contributed by atoms with E-state index in [4.69, 9.17) is 9.47 Å². The van der Waals surface area contributed by atoms with Gasteiger partial charge in [-0.25, -0.2) is 0 Å². The van der Waals surface area contributed by atoms with Gasteiger partial charge in [0.1, 0.15) is 5.75 Å². The molecule has 5 heteroatoms. The molecule has 0 fully saturated rings. The van der Waals surface area contributed by atoms with E-state index in [9.17, 15) is 9.59 Å². The summed E-state index contributed by atoms with van der Waals surface area (Å²) in [4.78, 5) is 24.3. The molecule has 0 unspecified atom stereocenters. The molecule has 0 heterocycles. The minimum absolute atomic E-state index is 0.208. The van der Waals surface area contributed by atoms with Crippen LogP contribution in [0.25, 0.3) is 0 Å². The van der Waals surface area contributed by atoms with E-state index in [1.165, 1.54) is 0 Å². The Labute approximate surface area is 173 Å². The number of benzene rings is 2. The predicted octanol–water partition coefficient (Wildman–Crippen LogP) is 5.27. The van der Waals surface area contributed by atoms with Crippen molar-refractivity contribution in [3.05, 3.63) is 59.7 Å². The zero-order chi connectivity index (χ0) is 21.2. The summed E-state index contributed by atoms with van der Waals surface area (Å²) in [6.07, 6.45) is 0.739. The molecule has 0 saturated carbocycles. The molecule has 0 aliphatic carbocycles. The molecule has 0 aromatic heterocycles. The third-order valence-corrected chi connectivity index (χ3v) is 4.54. The van der Waals surface area contributed by atoms with Crippen molar-refractivity contribution in [3.8, 4) is 5.75 Å². The first-order valence-electron chi connectivity index (χ1n) is 10.1. The van der Waals surface area contributed by atoms with Gasteiger partial charge in [-0.2, -0.15) is 0 Å². The quantitative estimate of drug-likeness (QED) is 0.438. The number of carbonyl (C=O) groups excluding carboxylic acids is 2. The Bertz CT molecular complexity index is 774. The van der Waals surface area contributed by atoms with Crippen LogP contribution in [-0.2, 0) is 14.3 Å². The maximum atomic E-state index is 12.4. The number of para-hydroxylation sites is 2. The lowest BCUT2D eigenvalue weighted by Crippen LogP contribution is -2.22. The highest BCUT2D eigenvalue weighted by Gasteiger charge is 2.16. The molecule has 2 aromatic rings. The molecular weight excluding hydrogens is 366 g/mol. The first-order valence-corrected chi connectivity index (χ1v) is 10.1. The molecule has 29 heavy (non-hydrogen) atoms. The molecule has 0 saturated heterocycles. The maximum Gasteiger partial charge on any atom is 0.306 e. The van der Waals surface area contributed by atoms with Gasteiger partial charge in [0, 0.05) is 12.1 Å². The van der Waals surface area contributed by atoms with Gasteiger partial charge < -0.3 is 14.8 Å². The molecule has 156 valence electrons. The van der Waals surface area contributed by atoms with Crippen molar-refractivity contribution in [1.82, 2.24) is 0 Å². The second-order valence-corrected chi connectivity index (χ2v) is 7.59. The largest absolute Gasteiger partial charge is 0.494 e. The van der Waals surface area contributed by atoms with Gasteiger partial charge in [-0.3, -0.25) is 9.59 Å². The van der Waals surface area contributed by atoms with Crippen LogP contribution in [0.2, 0.25) is 0 Å². The standard InChI is InChI=1S/C24H31NO4/c1-17(2)20-12-8-13-21(18(3)4)24(20)25-22(26)16-29-23(27)14-9-15-28-19-10-6-5-7-11-19/h5-8,10-13,17-18H,9,14-16H2,1-4H3,(H,25,26). The van der Waals surface area contributed by atoms with Crippen molar-refractivity contribution in [1.29, 1.82) is 0 Å². The summed E-state index contributed by atoms with van der Waals surface area (Å²) in [5, 5.41) is 2.95. The normalized spacial score (nSPS) is 10.8. The zero-order valence-electron chi connectivity index (χ0n) is 17.7. The average Bonchev–Trinajstić information content (AvgIpc) is 2.70. The molecule has 0 atom stereocenters. The monoisotopic (exact) mass is 397 g/mol. The summed E-state index contributed by atoms with van der Waals surface area (Å²) >= 11 is 0. The van der Waals surface area contributed by atoms with Crippen LogP contribution in [0.4, 0.5) is 5.69 Å². The van der Waals surface area contributed by atoms with Crippen molar-refractivity contribution >= 4 is 17.6 Å². The molecule has 2 aromatic carbocycles. The van der Waals surface area contributed by atoms with E-state index in [1.807, 2.05) is 48.5 Å². The number of carbonyl (C=O) groups is 2. The number of amides is 1. The minimum Gasteiger partial charge on any atom is -0.494 e. The second kappa shape index (κ2) is 11.2. The Morgan fingerprint density at radius 2 is 1.52 bits per heavy atom. The fraction of sp³-hybridized carbons (Fsp3) is 0.417. The maximum absolute atomic E-state index is 12.4. The van der Waals surface area contributed by atoms with Crippen LogP contribution in [0, 0.1) is 0 Å². The molecule has 2 rings (SSSR count). The molecule has 5 nitrogen and oxygen atoms in total. The van der Waals surface area contributed by atoms with Crippen LogP contribution >= 0.6 is 0 Å². The van der Waals surface area contributed by atoms with E-state index < -0.39 is 5.97 Å². The Kier molecular flexibility index (Phi) is 8.71. The number of anilines is 1. The van der Waals surface area contributed by atoms with Gasteiger partial charge in [0.05, 0.1) is 6.61 Å².